The van der Waals surface area contributed by atoms with Gasteiger partial charge >= 0.3 is 0 Å². The van der Waals surface area contributed by atoms with Crippen LogP contribution in [0.1, 0.15) is 52.7 Å². The lowest BCUT2D eigenvalue weighted by atomic mass is 9.90. The molecule has 0 radical (unpaired) electrons. The molecule has 1 fully saturated rings. The summed E-state index contributed by atoms with van der Waals surface area (Å²) < 4.78 is 35.5. The van der Waals surface area contributed by atoms with Gasteiger partial charge in [0.05, 0.1) is 12.3 Å². The maximum Gasteiger partial charge on any atom is 0.247 e. The predicted octanol–water partition coefficient (Wildman–Crippen LogP) is 2.43. The average Bonchev–Trinajstić information content (AvgIpc) is 3.03. The molecule has 1 aromatic heterocycles. The van der Waals surface area contributed by atoms with Gasteiger partial charge in [-0.3, -0.25) is 10.1 Å². The van der Waals surface area contributed by atoms with Crippen LogP contribution in [0.4, 0.5) is 5.88 Å². The van der Waals surface area contributed by atoms with E-state index in [0.717, 1.165) is 19.3 Å². The van der Waals surface area contributed by atoms with Crippen molar-refractivity contribution in [2.24, 2.45) is 0 Å². The Morgan fingerprint density at radius 1 is 1.44 bits per heavy atom. The number of nitrogens with one attached hydrogen (secondary N) is 1. The van der Waals surface area contributed by atoms with Gasteiger partial charge in [-0.15, -0.1) is 0 Å². The van der Waals surface area contributed by atoms with E-state index in [1.165, 1.54) is 13.8 Å². The highest BCUT2D eigenvalue weighted by molar-refractivity contribution is 7.81. The molecule has 142 valence electrons. The Kier molecular flexibility index (Phi) is 6.36. The number of rotatable bonds is 7. The summed E-state index contributed by atoms with van der Waals surface area (Å²) in [6.45, 7) is 7.75. The summed E-state index contributed by atoms with van der Waals surface area (Å²) >= 11 is -2.30. The van der Waals surface area contributed by atoms with E-state index in [2.05, 4.69) is 10.5 Å². The van der Waals surface area contributed by atoms with Crippen molar-refractivity contribution < 1.29 is 27.6 Å². The quantitative estimate of drug-likeness (QED) is 0.705. The first-order valence-corrected chi connectivity index (χ1v) is 9.36. The maximum absolute atomic E-state index is 12.1. The summed E-state index contributed by atoms with van der Waals surface area (Å²) in [6, 6.07) is 1.60. The van der Waals surface area contributed by atoms with E-state index in [0.29, 0.717) is 18.9 Å². The highest BCUT2D eigenvalue weighted by Gasteiger charge is 2.35. The van der Waals surface area contributed by atoms with E-state index in [1.54, 1.807) is 6.07 Å². The molecule has 0 saturated carbocycles. The van der Waals surface area contributed by atoms with Gasteiger partial charge in [0.1, 0.15) is 4.75 Å². The molecule has 2 heterocycles. The van der Waals surface area contributed by atoms with Crippen LogP contribution in [-0.2, 0) is 30.8 Å². The molecule has 8 nitrogen and oxygen atoms in total. The van der Waals surface area contributed by atoms with E-state index in [9.17, 15) is 13.6 Å². The summed E-state index contributed by atoms with van der Waals surface area (Å²) in [5, 5.41) is 6.46. The number of carbonyl (C=O) groups excluding carboxylic acids is 1. The standard InChI is InChI=1S/C16H26N2O6S/c1-15(2,10-23-13-7-5-6-8-22-13)11-9-12(24-18-11)17-14(19)16(3,4)25(20)21/h9,13H,5-8,10H2,1-4H3,(H,17,19)(H,20,21). The van der Waals surface area contributed by atoms with Crippen LogP contribution in [0, 0.1) is 0 Å². The topological polar surface area (TPSA) is 111 Å². The number of hydrogen-bond acceptors (Lipinski definition) is 6. The van der Waals surface area contributed by atoms with Gasteiger partial charge in [-0.05, 0) is 33.1 Å². The van der Waals surface area contributed by atoms with Gasteiger partial charge in [0.25, 0.3) is 0 Å². The highest BCUT2D eigenvalue weighted by Crippen LogP contribution is 2.27. The van der Waals surface area contributed by atoms with Crippen LogP contribution in [-0.4, -0.2) is 44.1 Å². The van der Waals surface area contributed by atoms with Gasteiger partial charge in [-0.25, -0.2) is 4.21 Å². The van der Waals surface area contributed by atoms with Gasteiger partial charge in [0, 0.05) is 18.1 Å². The van der Waals surface area contributed by atoms with Crippen LogP contribution in [0.15, 0.2) is 10.6 Å². The lowest BCUT2D eigenvalue weighted by Gasteiger charge is -2.28. The summed E-state index contributed by atoms with van der Waals surface area (Å²) in [4.78, 5) is 12.1. The lowest BCUT2D eigenvalue weighted by Crippen LogP contribution is -2.40. The predicted molar refractivity (Wildman–Crippen MR) is 92.6 cm³/mol. The minimum Gasteiger partial charge on any atom is -0.353 e. The summed E-state index contributed by atoms with van der Waals surface area (Å²) in [6.07, 6.45) is 2.83. The third-order valence-electron chi connectivity index (χ3n) is 4.19. The fourth-order valence-electron chi connectivity index (χ4n) is 2.21. The molecule has 1 aromatic rings. The zero-order chi connectivity index (χ0) is 18.7. The second-order valence-corrected chi connectivity index (χ2v) is 8.80. The molecule has 2 atom stereocenters. The molecule has 1 amide bonds. The van der Waals surface area contributed by atoms with Crippen molar-refractivity contribution in [1.82, 2.24) is 5.16 Å². The van der Waals surface area contributed by atoms with Crippen LogP contribution in [0.25, 0.3) is 0 Å². The first-order chi connectivity index (χ1) is 11.6. The number of hydrogen-bond donors (Lipinski definition) is 2. The fourth-order valence-corrected chi connectivity index (χ4v) is 2.42. The van der Waals surface area contributed by atoms with Crippen LogP contribution in [0.2, 0.25) is 0 Å². The minimum absolute atomic E-state index is 0.125. The third kappa shape index (κ3) is 5.10. The maximum atomic E-state index is 12.1. The largest absolute Gasteiger partial charge is 0.353 e. The van der Waals surface area contributed by atoms with Crippen molar-refractivity contribution in [3.05, 3.63) is 11.8 Å². The van der Waals surface area contributed by atoms with Gasteiger partial charge < -0.3 is 18.5 Å². The second-order valence-electron chi connectivity index (χ2n) is 7.28. The molecule has 0 aromatic carbocycles. The number of amides is 1. The van der Waals surface area contributed by atoms with Crippen LogP contribution in [0.5, 0.6) is 0 Å². The zero-order valence-electron chi connectivity index (χ0n) is 15.0. The average molecular weight is 374 g/mol. The third-order valence-corrected chi connectivity index (χ3v) is 5.25. The number of carbonyl (C=O) groups is 1. The number of anilines is 1. The number of aromatic nitrogens is 1. The first kappa shape index (κ1) is 20.0. The van der Waals surface area contributed by atoms with Crippen molar-refractivity contribution >= 4 is 22.9 Å². The van der Waals surface area contributed by atoms with Crippen molar-refractivity contribution in [2.75, 3.05) is 18.5 Å². The van der Waals surface area contributed by atoms with Gasteiger partial charge in [0.15, 0.2) is 17.4 Å². The van der Waals surface area contributed by atoms with E-state index < -0.39 is 27.1 Å². The fraction of sp³-hybridized carbons (Fsp3) is 0.750. The molecule has 0 aliphatic carbocycles. The number of nitrogens with zero attached hydrogens (tertiary/aromatic N) is 1. The van der Waals surface area contributed by atoms with E-state index >= 15 is 0 Å². The Hall–Kier alpha value is -1.29. The van der Waals surface area contributed by atoms with Crippen molar-refractivity contribution in [1.29, 1.82) is 0 Å². The Bertz CT molecular complexity index is 622. The molecular formula is C16H26N2O6S. The monoisotopic (exact) mass is 374 g/mol. The molecule has 25 heavy (non-hydrogen) atoms. The summed E-state index contributed by atoms with van der Waals surface area (Å²) in [5.74, 6) is -0.499. The lowest BCUT2D eigenvalue weighted by molar-refractivity contribution is -0.170. The van der Waals surface area contributed by atoms with Crippen molar-refractivity contribution in [3.8, 4) is 0 Å². The van der Waals surface area contributed by atoms with Gasteiger partial charge in [-0.2, -0.15) is 0 Å². The Labute approximate surface area is 149 Å². The zero-order valence-corrected chi connectivity index (χ0v) is 15.9. The van der Waals surface area contributed by atoms with Crippen LogP contribution < -0.4 is 5.32 Å². The smallest absolute Gasteiger partial charge is 0.247 e. The van der Waals surface area contributed by atoms with Crippen molar-refractivity contribution in [3.63, 3.8) is 0 Å². The van der Waals surface area contributed by atoms with Gasteiger partial charge in [-0.1, -0.05) is 19.0 Å². The van der Waals surface area contributed by atoms with Crippen LogP contribution in [0.3, 0.4) is 0 Å². The molecule has 1 saturated heterocycles. The highest BCUT2D eigenvalue weighted by atomic mass is 32.2. The molecule has 1 aliphatic rings. The summed E-state index contributed by atoms with van der Waals surface area (Å²) in [7, 11) is 0. The molecule has 9 heteroatoms. The Balaban J connectivity index is 1.96. The molecule has 0 spiro atoms. The van der Waals surface area contributed by atoms with E-state index in [1.807, 2.05) is 13.8 Å². The summed E-state index contributed by atoms with van der Waals surface area (Å²) in [5.41, 5.74) is 0.171. The molecule has 2 N–H and O–H groups in total. The van der Waals surface area contributed by atoms with Gasteiger partial charge in [0.2, 0.25) is 11.8 Å². The minimum atomic E-state index is -2.30. The Morgan fingerprint density at radius 2 is 2.16 bits per heavy atom. The normalized spacial score (nSPS) is 20.3. The molecular weight excluding hydrogens is 348 g/mol. The number of ether oxygens (including phenoxy) is 2. The molecule has 2 unspecified atom stereocenters. The Morgan fingerprint density at radius 3 is 2.76 bits per heavy atom. The van der Waals surface area contributed by atoms with E-state index in [4.69, 9.17) is 14.0 Å². The molecule has 2 rings (SSSR count). The van der Waals surface area contributed by atoms with Crippen LogP contribution >= 0.6 is 0 Å². The van der Waals surface area contributed by atoms with Crippen molar-refractivity contribution in [2.45, 2.75) is 63.4 Å². The molecule has 0 bridgehead atoms. The molecule has 1 aliphatic heterocycles. The first-order valence-electron chi connectivity index (χ1n) is 8.26. The SMILES string of the molecule is CC(C)(COC1CCCCO1)c1cc(NC(=O)C(C)(C)S(=O)O)on1. The second kappa shape index (κ2) is 7.94. The van der Waals surface area contributed by atoms with E-state index in [-0.39, 0.29) is 12.2 Å².